The Labute approximate surface area is 115 Å². The topological polar surface area (TPSA) is 80.7 Å². The average molecular weight is 294 g/mol. The van der Waals surface area contributed by atoms with Crippen molar-refractivity contribution in [3.63, 3.8) is 0 Å². The van der Waals surface area contributed by atoms with Gasteiger partial charge >= 0.3 is 5.97 Å². The third-order valence-corrected chi connectivity index (χ3v) is 3.57. The van der Waals surface area contributed by atoms with Gasteiger partial charge in [0.25, 0.3) is 10.1 Å². The molecule has 0 bridgehead atoms. The van der Waals surface area contributed by atoms with E-state index in [0.717, 1.165) is 0 Å². The molecule has 0 amide bonds. The summed E-state index contributed by atoms with van der Waals surface area (Å²) < 4.78 is 36.2. The maximum atomic E-state index is 11.2. The molecular formula is C12H24NO5S+. The van der Waals surface area contributed by atoms with Crippen molar-refractivity contribution in [2.24, 2.45) is 0 Å². The molecular weight excluding hydrogens is 270 g/mol. The maximum absolute atomic E-state index is 11.2. The van der Waals surface area contributed by atoms with Crippen molar-refractivity contribution in [1.29, 1.82) is 0 Å². The highest BCUT2D eigenvalue weighted by molar-refractivity contribution is 7.85. The first kappa shape index (κ1) is 18.1. The van der Waals surface area contributed by atoms with Gasteiger partial charge in [0.1, 0.15) is 11.8 Å². The van der Waals surface area contributed by atoms with Crippen LogP contribution < -0.4 is 0 Å². The lowest BCUT2D eigenvalue weighted by Crippen LogP contribution is -2.48. The zero-order valence-electron chi connectivity index (χ0n) is 12.0. The van der Waals surface area contributed by atoms with Crippen LogP contribution in [0.25, 0.3) is 0 Å². The Morgan fingerprint density at radius 2 is 1.89 bits per heavy atom. The molecule has 19 heavy (non-hydrogen) atoms. The minimum Gasteiger partial charge on any atom is -0.462 e. The van der Waals surface area contributed by atoms with E-state index >= 15 is 0 Å². The van der Waals surface area contributed by atoms with Gasteiger partial charge in [0.2, 0.25) is 0 Å². The van der Waals surface area contributed by atoms with Gasteiger partial charge in [0.15, 0.2) is 0 Å². The molecule has 0 aromatic rings. The van der Waals surface area contributed by atoms with Crippen LogP contribution in [0.15, 0.2) is 12.2 Å². The van der Waals surface area contributed by atoms with Crippen molar-refractivity contribution in [2.45, 2.75) is 25.8 Å². The van der Waals surface area contributed by atoms with Crippen LogP contribution in [0.3, 0.4) is 0 Å². The zero-order valence-corrected chi connectivity index (χ0v) is 12.9. The molecule has 0 saturated carbocycles. The predicted molar refractivity (Wildman–Crippen MR) is 73.2 cm³/mol. The van der Waals surface area contributed by atoms with Crippen LogP contribution in [0.5, 0.6) is 0 Å². The number of ether oxygens (including phenoxy) is 1. The quantitative estimate of drug-likeness (QED) is 0.236. The molecule has 1 unspecified atom stereocenters. The number of carbonyl (C=O) groups is 1. The predicted octanol–water partition coefficient (Wildman–Crippen LogP) is 0.849. The van der Waals surface area contributed by atoms with Gasteiger partial charge in [-0.3, -0.25) is 4.55 Å². The Bertz CT molecular complexity index is 422. The fraction of sp³-hybridized carbons (Fsp3) is 0.750. The van der Waals surface area contributed by atoms with Crippen LogP contribution in [0.4, 0.5) is 0 Å². The number of esters is 1. The Morgan fingerprint density at radius 3 is 2.26 bits per heavy atom. The molecule has 7 heteroatoms. The normalized spacial score (nSPS) is 13.9. The van der Waals surface area contributed by atoms with E-state index in [1.165, 1.54) is 0 Å². The van der Waals surface area contributed by atoms with Crippen LogP contribution in [0.2, 0.25) is 0 Å². The van der Waals surface area contributed by atoms with Crippen molar-refractivity contribution < 1.29 is 27.0 Å². The first-order valence-electron chi connectivity index (χ1n) is 6.02. The second kappa shape index (κ2) is 7.02. The van der Waals surface area contributed by atoms with Gasteiger partial charge in [-0.15, -0.1) is 0 Å². The molecule has 6 nitrogen and oxygen atoms in total. The summed E-state index contributed by atoms with van der Waals surface area (Å²) in [5, 5.41) is 0. The summed E-state index contributed by atoms with van der Waals surface area (Å²) in [5.41, 5.74) is 0.334. The van der Waals surface area contributed by atoms with E-state index in [0.29, 0.717) is 22.9 Å². The molecule has 0 spiro atoms. The molecule has 0 fully saturated rings. The van der Waals surface area contributed by atoms with Crippen LogP contribution in [-0.2, 0) is 19.6 Å². The van der Waals surface area contributed by atoms with Gasteiger partial charge in [-0.05, 0) is 13.3 Å². The Kier molecular flexibility index (Phi) is 6.68. The van der Waals surface area contributed by atoms with Crippen LogP contribution in [0, 0.1) is 0 Å². The molecule has 0 aliphatic carbocycles. The molecule has 0 aliphatic heterocycles. The van der Waals surface area contributed by atoms with Crippen molar-refractivity contribution in [1.82, 2.24) is 0 Å². The van der Waals surface area contributed by atoms with Gasteiger partial charge in [-0.25, -0.2) is 4.79 Å². The summed E-state index contributed by atoms with van der Waals surface area (Å²) in [6.07, 6.45) is 1.07. The zero-order chi connectivity index (χ0) is 15.3. The van der Waals surface area contributed by atoms with Gasteiger partial charge in [-0.2, -0.15) is 8.42 Å². The van der Waals surface area contributed by atoms with Crippen molar-refractivity contribution in [2.75, 3.05) is 33.5 Å². The number of rotatable bonds is 8. The number of hydrogen-bond acceptors (Lipinski definition) is 4. The van der Waals surface area contributed by atoms with E-state index in [1.807, 2.05) is 21.1 Å². The van der Waals surface area contributed by atoms with Crippen LogP contribution in [0.1, 0.15) is 19.8 Å². The smallest absolute Gasteiger partial charge is 0.333 e. The summed E-state index contributed by atoms with van der Waals surface area (Å²) in [6, 6.07) is -0.251. The number of quaternary nitrogens is 1. The lowest BCUT2D eigenvalue weighted by atomic mass is 10.1. The molecule has 0 aromatic carbocycles. The van der Waals surface area contributed by atoms with E-state index in [9.17, 15) is 13.2 Å². The minimum atomic E-state index is -4.01. The second-order valence-electron chi connectivity index (χ2n) is 5.58. The SMILES string of the molecule is C=C(C)C(=O)OCCCC(CS(=O)(=O)O)[N+](C)(C)C. The van der Waals surface area contributed by atoms with Crippen LogP contribution in [-0.4, -0.2) is 63.0 Å². The van der Waals surface area contributed by atoms with E-state index in [1.54, 1.807) is 6.92 Å². The molecule has 0 aliphatic rings. The van der Waals surface area contributed by atoms with E-state index in [4.69, 9.17) is 9.29 Å². The average Bonchev–Trinajstić information content (AvgIpc) is 2.18. The summed E-state index contributed by atoms with van der Waals surface area (Å²) >= 11 is 0. The highest BCUT2D eigenvalue weighted by Crippen LogP contribution is 2.12. The molecule has 0 radical (unpaired) electrons. The second-order valence-corrected chi connectivity index (χ2v) is 7.07. The molecule has 0 heterocycles. The minimum absolute atomic E-state index is 0.216. The van der Waals surface area contributed by atoms with Gasteiger partial charge < -0.3 is 9.22 Å². The number of nitrogens with zero attached hydrogens (tertiary/aromatic N) is 1. The third-order valence-electron chi connectivity index (χ3n) is 2.76. The molecule has 0 rings (SSSR count). The third kappa shape index (κ3) is 8.74. The molecule has 0 aromatic heterocycles. The number of hydrogen-bond donors (Lipinski definition) is 1. The Morgan fingerprint density at radius 1 is 1.37 bits per heavy atom. The van der Waals surface area contributed by atoms with Gasteiger partial charge in [0, 0.05) is 12.0 Å². The van der Waals surface area contributed by atoms with Crippen molar-refractivity contribution in [3.8, 4) is 0 Å². The van der Waals surface area contributed by atoms with Crippen molar-refractivity contribution in [3.05, 3.63) is 12.2 Å². The fourth-order valence-corrected chi connectivity index (χ4v) is 2.64. The summed E-state index contributed by atoms with van der Waals surface area (Å²) in [5.74, 6) is -0.748. The highest BCUT2D eigenvalue weighted by Gasteiger charge is 2.28. The lowest BCUT2D eigenvalue weighted by molar-refractivity contribution is -0.893. The summed E-state index contributed by atoms with van der Waals surface area (Å²) in [6.45, 7) is 5.25. The first-order chi connectivity index (χ1) is 8.43. The van der Waals surface area contributed by atoms with Gasteiger partial charge in [-0.1, -0.05) is 6.58 Å². The van der Waals surface area contributed by atoms with E-state index in [-0.39, 0.29) is 18.4 Å². The maximum Gasteiger partial charge on any atom is 0.333 e. The number of carbonyl (C=O) groups excluding carboxylic acids is 1. The Hall–Kier alpha value is -0.920. The van der Waals surface area contributed by atoms with Gasteiger partial charge in [0.05, 0.1) is 27.7 Å². The summed E-state index contributed by atoms with van der Waals surface area (Å²) in [4.78, 5) is 11.2. The molecule has 112 valence electrons. The molecule has 1 N–H and O–H groups in total. The fourth-order valence-electron chi connectivity index (χ4n) is 1.54. The van der Waals surface area contributed by atoms with Crippen molar-refractivity contribution >= 4 is 16.1 Å². The van der Waals surface area contributed by atoms with E-state index in [2.05, 4.69) is 6.58 Å². The lowest BCUT2D eigenvalue weighted by Gasteiger charge is -2.33. The largest absolute Gasteiger partial charge is 0.462 e. The highest BCUT2D eigenvalue weighted by atomic mass is 32.2. The monoisotopic (exact) mass is 294 g/mol. The summed E-state index contributed by atoms with van der Waals surface area (Å²) in [7, 11) is 1.56. The molecule has 0 saturated heterocycles. The molecule has 1 atom stereocenters. The van der Waals surface area contributed by atoms with E-state index < -0.39 is 16.1 Å². The Balaban J connectivity index is 4.30. The first-order valence-corrected chi connectivity index (χ1v) is 7.63. The van der Waals surface area contributed by atoms with Crippen LogP contribution >= 0.6 is 0 Å². The standard InChI is InChI=1S/C12H23NO5S/c1-10(2)12(14)18-8-6-7-11(13(3,4)5)9-19(15,16)17/h11H,1,6-9H2,2-5H3/p+1.